The van der Waals surface area contributed by atoms with Gasteiger partial charge in [-0.25, -0.2) is 9.97 Å². The summed E-state index contributed by atoms with van der Waals surface area (Å²) in [5, 5.41) is 2.53. The summed E-state index contributed by atoms with van der Waals surface area (Å²) in [6.07, 6.45) is -2.20. The molecule has 10 heteroatoms. The molecular formula is C17H12F3N3O4. The number of ketones is 2. The molecule has 0 amide bonds. The van der Waals surface area contributed by atoms with Crippen molar-refractivity contribution in [2.75, 3.05) is 19.5 Å². The van der Waals surface area contributed by atoms with Crippen molar-refractivity contribution in [1.82, 2.24) is 9.97 Å². The zero-order valence-corrected chi connectivity index (χ0v) is 14.0. The van der Waals surface area contributed by atoms with Crippen LogP contribution in [0.15, 0.2) is 42.0 Å². The van der Waals surface area contributed by atoms with Crippen molar-refractivity contribution >= 4 is 17.3 Å². The van der Waals surface area contributed by atoms with Gasteiger partial charge in [0.25, 0.3) is 5.78 Å². The number of ether oxygens (including phenoxy) is 2. The van der Waals surface area contributed by atoms with E-state index < -0.39 is 23.3 Å². The number of allylic oxidation sites excluding steroid dienone is 2. The molecule has 3 rings (SSSR count). The lowest BCUT2D eigenvalue weighted by atomic mass is 9.99. The Morgan fingerprint density at radius 1 is 0.963 bits per heavy atom. The van der Waals surface area contributed by atoms with Crippen molar-refractivity contribution in [3.63, 3.8) is 0 Å². The van der Waals surface area contributed by atoms with E-state index in [1.165, 1.54) is 25.6 Å². The zero-order chi connectivity index (χ0) is 19.8. The number of nitrogens with zero attached hydrogens (tertiary/aromatic N) is 2. The molecule has 2 aromatic rings. The second-order valence-corrected chi connectivity index (χ2v) is 5.36. The molecule has 7 nitrogen and oxygen atoms in total. The van der Waals surface area contributed by atoms with Crippen LogP contribution in [-0.2, 0) is 10.9 Å². The molecule has 1 aromatic heterocycles. The summed E-state index contributed by atoms with van der Waals surface area (Å²) in [6, 6.07) is 3.14. The molecule has 1 aromatic carbocycles. The lowest BCUT2D eigenvalue weighted by Crippen LogP contribution is -2.29. The van der Waals surface area contributed by atoms with Gasteiger partial charge < -0.3 is 14.8 Å². The first-order chi connectivity index (χ1) is 12.8. The van der Waals surface area contributed by atoms with Crippen molar-refractivity contribution < 1.29 is 32.2 Å². The maximum atomic E-state index is 13.2. The van der Waals surface area contributed by atoms with Gasteiger partial charge in [0.15, 0.2) is 5.76 Å². The maximum Gasteiger partial charge on any atom is 0.420 e. The molecule has 1 aliphatic carbocycles. The highest BCUT2D eigenvalue weighted by atomic mass is 19.4. The largest absolute Gasteiger partial charge is 0.496 e. The Labute approximate surface area is 150 Å². The summed E-state index contributed by atoms with van der Waals surface area (Å²) in [4.78, 5) is 32.7. The molecule has 0 saturated carbocycles. The summed E-state index contributed by atoms with van der Waals surface area (Å²) in [5.74, 6) is -2.17. The normalized spacial score (nSPS) is 14.1. The standard InChI is InChI=1S/C17H12F3N3O4/c1-26-10-4-3-8(7-9(10)17(18,19)20)23-13-14(24)11-12(22-6-5-21-11)15(25)16(13)27-2/h3-7,23H,1-2H3. The third-order valence-corrected chi connectivity index (χ3v) is 3.77. The van der Waals surface area contributed by atoms with Gasteiger partial charge in [-0.2, -0.15) is 13.2 Å². The van der Waals surface area contributed by atoms with Gasteiger partial charge in [0.1, 0.15) is 22.8 Å². The monoisotopic (exact) mass is 379 g/mol. The number of aromatic nitrogens is 2. The summed E-state index contributed by atoms with van der Waals surface area (Å²) in [6.45, 7) is 0. The van der Waals surface area contributed by atoms with E-state index in [0.717, 1.165) is 19.2 Å². The topological polar surface area (TPSA) is 90.4 Å². The number of rotatable bonds is 4. The number of hydrogen-bond acceptors (Lipinski definition) is 7. The molecular weight excluding hydrogens is 367 g/mol. The van der Waals surface area contributed by atoms with Crippen LogP contribution in [-0.4, -0.2) is 35.8 Å². The van der Waals surface area contributed by atoms with E-state index in [1.807, 2.05) is 0 Å². The van der Waals surface area contributed by atoms with Gasteiger partial charge in [-0.1, -0.05) is 0 Å². The fourth-order valence-corrected chi connectivity index (χ4v) is 2.57. The molecule has 140 valence electrons. The maximum absolute atomic E-state index is 13.2. The van der Waals surface area contributed by atoms with E-state index in [2.05, 4.69) is 15.3 Å². The van der Waals surface area contributed by atoms with Crippen LogP contribution >= 0.6 is 0 Å². The van der Waals surface area contributed by atoms with Gasteiger partial charge in [-0.3, -0.25) is 9.59 Å². The first-order valence-corrected chi connectivity index (χ1v) is 7.48. The molecule has 0 saturated heterocycles. The number of nitrogens with one attached hydrogen (secondary N) is 1. The van der Waals surface area contributed by atoms with Crippen LogP contribution in [0, 0.1) is 0 Å². The minimum absolute atomic E-state index is 0.0823. The summed E-state index contributed by atoms with van der Waals surface area (Å²) in [7, 11) is 2.28. The Morgan fingerprint density at radius 3 is 2.15 bits per heavy atom. The molecule has 1 heterocycles. The van der Waals surface area contributed by atoms with Crippen molar-refractivity contribution in [3.05, 3.63) is 59.0 Å². The lowest BCUT2D eigenvalue weighted by Gasteiger charge is -2.20. The van der Waals surface area contributed by atoms with Crippen LogP contribution in [0.1, 0.15) is 26.5 Å². The molecule has 0 unspecified atom stereocenters. The third-order valence-electron chi connectivity index (χ3n) is 3.77. The van der Waals surface area contributed by atoms with E-state index in [1.54, 1.807) is 0 Å². The highest BCUT2D eigenvalue weighted by molar-refractivity contribution is 6.25. The number of alkyl halides is 3. The van der Waals surface area contributed by atoms with E-state index in [-0.39, 0.29) is 34.3 Å². The highest BCUT2D eigenvalue weighted by Gasteiger charge is 2.37. The van der Waals surface area contributed by atoms with Gasteiger partial charge in [-0.15, -0.1) is 0 Å². The van der Waals surface area contributed by atoms with Crippen LogP contribution in [0.25, 0.3) is 0 Å². The number of carbonyl (C=O) groups is 2. The second kappa shape index (κ2) is 6.71. The predicted molar refractivity (Wildman–Crippen MR) is 86.3 cm³/mol. The van der Waals surface area contributed by atoms with Crippen LogP contribution < -0.4 is 10.1 Å². The summed E-state index contributed by atoms with van der Waals surface area (Å²) < 4.78 is 49.3. The first kappa shape index (κ1) is 18.4. The van der Waals surface area contributed by atoms with Crippen LogP contribution in [0.2, 0.25) is 0 Å². The van der Waals surface area contributed by atoms with Crippen molar-refractivity contribution in [1.29, 1.82) is 0 Å². The zero-order valence-electron chi connectivity index (χ0n) is 14.0. The third kappa shape index (κ3) is 3.21. The Hall–Kier alpha value is -3.43. The molecule has 1 N–H and O–H groups in total. The Morgan fingerprint density at radius 2 is 1.59 bits per heavy atom. The molecule has 0 fully saturated rings. The quantitative estimate of drug-likeness (QED) is 0.874. The van der Waals surface area contributed by atoms with Gasteiger partial charge in [0, 0.05) is 18.1 Å². The van der Waals surface area contributed by atoms with Gasteiger partial charge in [-0.05, 0) is 18.2 Å². The van der Waals surface area contributed by atoms with Crippen molar-refractivity contribution in [2.45, 2.75) is 6.18 Å². The lowest BCUT2D eigenvalue weighted by molar-refractivity contribution is -0.138. The van der Waals surface area contributed by atoms with Crippen molar-refractivity contribution in [2.24, 2.45) is 0 Å². The second-order valence-electron chi connectivity index (χ2n) is 5.36. The van der Waals surface area contributed by atoms with Crippen LogP contribution in [0.5, 0.6) is 5.75 Å². The molecule has 0 aliphatic heterocycles. The van der Waals surface area contributed by atoms with Gasteiger partial charge in [0.2, 0.25) is 5.78 Å². The molecule has 1 aliphatic rings. The van der Waals surface area contributed by atoms with Gasteiger partial charge >= 0.3 is 6.18 Å². The molecule has 0 spiro atoms. The predicted octanol–water partition coefficient (Wildman–Crippen LogP) is 2.85. The molecule has 27 heavy (non-hydrogen) atoms. The number of Topliss-reactive ketones (excluding diaryl/α,β-unsaturated/α-hetero) is 2. The number of halogens is 3. The molecule has 0 bridgehead atoms. The molecule has 0 atom stereocenters. The first-order valence-electron chi connectivity index (χ1n) is 7.48. The Bertz CT molecular complexity index is 970. The fourth-order valence-electron chi connectivity index (χ4n) is 2.57. The van der Waals surface area contributed by atoms with Crippen LogP contribution in [0.3, 0.4) is 0 Å². The summed E-state index contributed by atoms with van der Waals surface area (Å²) >= 11 is 0. The van der Waals surface area contributed by atoms with Crippen LogP contribution in [0.4, 0.5) is 18.9 Å². The van der Waals surface area contributed by atoms with E-state index in [0.29, 0.717) is 0 Å². The Balaban J connectivity index is 2.07. The number of methoxy groups -OCH3 is 2. The average molecular weight is 379 g/mol. The van der Waals surface area contributed by atoms with Crippen molar-refractivity contribution in [3.8, 4) is 5.75 Å². The number of anilines is 1. The fraction of sp³-hybridized carbons (Fsp3) is 0.176. The van der Waals surface area contributed by atoms with E-state index >= 15 is 0 Å². The summed E-state index contributed by atoms with van der Waals surface area (Å²) in [5.41, 5.74) is -1.84. The SMILES string of the molecule is COC1=C(Nc2ccc(OC)c(C(F)(F)F)c2)C(=O)c2nccnc2C1=O. The molecule has 0 radical (unpaired) electrons. The highest BCUT2D eigenvalue weighted by Crippen LogP contribution is 2.38. The van der Waals surface area contributed by atoms with Gasteiger partial charge in [0.05, 0.1) is 19.8 Å². The number of carbonyl (C=O) groups excluding carboxylic acids is 2. The number of fused-ring (bicyclic) bond motifs is 1. The number of benzene rings is 1. The average Bonchev–Trinajstić information content (AvgIpc) is 2.65. The minimum Gasteiger partial charge on any atom is -0.496 e. The van der Waals surface area contributed by atoms with E-state index in [4.69, 9.17) is 9.47 Å². The number of hydrogen-bond donors (Lipinski definition) is 1. The smallest absolute Gasteiger partial charge is 0.420 e. The van der Waals surface area contributed by atoms with E-state index in [9.17, 15) is 22.8 Å². The minimum atomic E-state index is -4.67. The Kier molecular flexibility index (Phi) is 4.56.